The van der Waals surface area contributed by atoms with Crippen molar-refractivity contribution in [1.82, 2.24) is 0 Å². The molecule has 2 rings (SSSR count). The van der Waals surface area contributed by atoms with Crippen molar-refractivity contribution >= 4 is 0 Å². The van der Waals surface area contributed by atoms with Gasteiger partial charge in [0.05, 0.1) is 7.11 Å². The molecular weight excluding hydrogens is 260 g/mol. The van der Waals surface area contributed by atoms with Gasteiger partial charge in [0.2, 0.25) is 0 Å². The molecule has 0 aliphatic heterocycles. The Labute approximate surface area is 117 Å². The lowest BCUT2D eigenvalue weighted by molar-refractivity contribution is 0.383. The molecule has 0 saturated heterocycles. The Bertz CT molecular complexity index is 613. The lowest BCUT2D eigenvalue weighted by atomic mass is 9.97. The molecule has 2 aromatic rings. The predicted molar refractivity (Wildman–Crippen MR) is 74.7 cm³/mol. The van der Waals surface area contributed by atoms with Crippen LogP contribution >= 0.6 is 0 Å². The van der Waals surface area contributed by atoms with Crippen molar-refractivity contribution < 1.29 is 13.5 Å². The van der Waals surface area contributed by atoms with E-state index in [0.717, 1.165) is 0 Å². The first kappa shape index (κ1) is 14.5. The van der Waals surface area contributed by atoms with Crippen LogP contribution in [0, 0.1) is 18.6 Å². The first-order chi connectivity index (χ1) is 9.54. The molecule has 0 radical (unpaired) electrons. The van der Waals surface area contributed by atoms with Crippen molar-refractivity contribution in [2.75, 3.05) is 7.11 Å². The van der Waals surface area contributed by atoms with Gasteiger partial charge in [-0.2, -0.15) is 0 Å². The summed E-state index contributed by atoms with van der Waals surface area (Å²) >= 11 is 0. The van der Waals surface area contributed by atoms with E-state index in [1.807, 2.05) is 0 Å². The molecule has 0 heterocycles. The minimum absolute atomic E-state index is 0.166. The summed E-state index contributed by atoms with van der Waals surface area (Å²) in [4.78, 5) is 0. The molecule has 0 spiro atoms. The molecule has 0 saturated carbocycles. The van der Waals surface area contributed by atoms with Gasteiger partial charge in [0, 0.05) is 11.6 Å². The highest BCUT2D eigenvalue weighted by Crippen LogP contribution is 2.26. The van der Waals surface area contributed by atoms with Crippen molar-refractivity contribution in [3.05, 3.63) is 64.7 Å². The van der Waals surface area contributed by atoms with E-state index in [0.29, 0.717) is 16.7 Å². The van der Waals surface area contributed by atoms with E-state index in [9.17, 15) is 8.78 Å². The highest BCUT2D eigenvalue weighted by Gasteiger charge is 2.16. The normalized spacial score (nSPS) is 12.2. The number of methoxy groups -OCH3 is 1. The van der Waals surface area contributed by atoms with Crippen LogP contribution in [-0.2, 0) is 6.42 Å². The molecule has 2 aromatic carbocycles. The zero-order chi connectivity index (χ0) is 14.7. The number of nitrogens with two attached hydrogens (primary N) is 1. The minimum Gasteiger partial charge on any atom is -0.494 e. The molecule has 1 atom stereocenters. The van der Waals surface area contributed by atoms with Gasteiger partial charge in [0.15, 0.2) is 11.6 Å². The zero-order valence-corrected chi connectivity index (χ0v) is 11.5. The van der Waals surface area contributed by atoms with Crippen molar-refractivity contribution in [1.29, 1.82) is 0 Å². The maximum absolute atomic E-state index is 14.1. The lowest BCUT2D eigenvalue weighted by Crippen LogP contribution is -2.16. The third kappa shape index (κ3) is 2.80. The average Bonchev–Trinajstić information content (AvgIpc) is 2.44. The van der Waals surface area contributed by atoms with Gasteiger partial charge in [-0.05, 0) is 30.5 Å². The van der Waals surface area contributed by atoms with Crippen molar-refractivity contribution in [3.8, 4) is 5.75 Å². The Kier molecular flexibility index (Phi) is 4.35. The van der Waals surface area contributed by atoms with Gasteiger partial charge < -0.3 is 10.5 Å². The van der Waals surface area contributed by atoms with Gasteiger partial charge in [-0.25, -0.2) is 8.78 Å². The first-order valence-electron chi connectivity index (χ1n) is 6.36. The topological polar surface area (TPSA) is 35.2 Å². The van der Waals surface area contributed by atoms with Crippen LogP contribution < -0.4 is 10.5 Å². The largest absolute Gasteiger partial charge is 0.494 e. The summed E-state index contributed by atoms with van der Waals surface area (Å²) in [5, 5.41) is 0. The first-order valence-corrected chi connectivity index (χ1v) is 6.36. The summed E-state index contributed by atoms with van der Waals surface area (Å²) in [5.74, 6) is -0.610. The standard InChI is InChI=1S/C16H17F2NO/c1-10-5-3-7-12(15(10)17)13(19)9-11-6-4-8-14(20-2)16(11)18/h3-8,13H,9,19H2,1-2H3. The molecule has 106 valence electrons. The Morgan fingerprint density at radius 2 is 1.80 bits per heavy atom. The van der Waals surface area contributed by atoms with Gasteiger partial charge in [-0.15, -0.1) is 0 Å². The second kappa shape index (κ2) is 6.01. The fourth-order valence-electron chi connectivity index (χ4n) is 2.17. The average molecular weight is 277 g/mol. The number of rotatable bonds is 4. The summed E-state index contributed by atoms with van der Waals surface area (Å²) in [6, 6.07) is 9.31. The smallest absolute Gasteiger partial charge is 0.168 e. The van der Waals surface area contributed by atoms with Gasteiger partial charge in [-0.3, -0.25) is 0 Å². The molecule has 0 amide bonds. The molecule has 20 heavy (non-hydrogen) atoms. The molecule has 0 aliphatic carbocycles. The summed E-state index contributed by atoms with van der Waals surface area (Å²) < 4.78 is 33.0. The van der Waals surface area contributed by atoms with E-state index in [4.69, 9.17) is 10.5 Å². The highest BCUT2D eigenvalue weighted by atomic mass is 19.1. The van der Waals surface area contributed by atoms with Crippen molar-refractivity contribution in [2.24, 2.45) is 5.73 Å². The zero-order valence-electron chi connectivity index (χ0n) is 11.5. The van der Waals surface area contributed by atoms with Gasteiger partial charge in [0.25, 0.3) is 0 Å². The van der Waals surface area contributed by atoms with Gasteiger partial charge >= 0.3 is 0 Å². The van der Waals surface area contributed by atoms with E-state index in [1.165, 1.54) is 13.2 Å². The molecule has 0 bridgehead atoms. The molecule has 0 aromatic heterocycles. The van der Waals surface area contributed by atoms with E-state index < -0.39 is 11.9 Å². The molecular formula is C16H17F2NO. The van der Waals surface area contributed by atoms with E-state index in [2.05, 4.69) is 0 Å². The summed E-state index contributed by atoms with van der Waals surface area (Å²) in [6.45, 7) is 1.68. The Morgan fingerprint density at radius 1 is 1.10 bits per heavy atom. The molecule has 1 unspecified atom stereocenters. The number of halogens is 2. The summed E-state index contributed by atoms with van der Waals surface area (Å²) in [5.41, 5.74) is 7.35. The van der Waals surface area contributed by atoms with Crippen LogP contribution in [0.2, 0.25) is 0 Å². The molecule has 2 N–H and O–H groups in total. The lowest BCUT2D eigenvalue weighted by Gasteiger charge is -2.15. The molecule has 4 heteroatoms. The maximum atomic E-state index is 14.1. The Hall–Kier alpha value is -1.94. The van der Waals surface area contributed by atoms with E-state index in [-0.39, 0.29) is 18.0 Å². The fourth-order valence-corrected chi connectivity index (χ4v) is 2.17. The minimum atomic E-state index is -0.600. The second-order valence-corrected chi connectivity index (χ2v) is 4.72. The van der Waals surface area contributed by atoms with Gasteiger partial charge in [-0.1, -0.05) is 30.3 Å². The number of hydrogen-bond acceptors (Lipinski definition) is 2. The van der Waals surface area contributed by atoms with Crippen LogP contribution in [0.15, 0.2) is 36.4 Å². The number of ether oxygens (including phenoxy) is 1. The van der Waals surface area contributed by atoms with Crippen molar-refractivity contribution in [2.45, 2.75) is 19.4 Å². The van der Waals surface area contributed by atoms with Crippen LogP contribution in [-0.4, -0.2) is 7.11 Å². The number of aryl methyl sites for hydroxylation is 1. The van der Waals surface area contributed by atoms with Crippen LogP contribution in [0.25, 0.3) is 0 Å². The van der Waals surface area contributed by atoms with E-state index in [1.54, 1.807) is 37.3 Å². The third-order valence-corrected chi connectivity index (χ3v) is 3.32. The molecule has 2 nitrogen and oxygen atoms in total. The van der Waals surface area contributed by atoms with Gasteiger partial charge in [0.1, 0.15) is 5.82 Å². The van der Waals surface area contributed by atoms with Crippen LogP contribution in [0.5, 0.6) is 5.75 Å². The Balaban J connectivity index is 2.28. The quantitative estimate of drug-likeness (QED) is 0.928. The van der Waals surface area contributed by atoms with Crippen LogP contribution in [0.3, 0.4) is 0 Å². The van der Waals surface area contributed by atoms with Crippen LogP contribution in [0.4, 0.5) is 8.78 Å². The monoisotopic (exact) mass is 277 g/mol. The Morgan fingerprint density at radius 3 is 2.50 bits per heavy atom. The molecule has 0 aliphatic rings. The summed E-state index contributed by atoms with van der Waals surface area (Å²) in [7, 11) is 1.41. The fraction of sp³-hybridized carbons (Fsp3) is 0.250. The SMILES string of the molecule is COc1cccc(CC(N)c2cccc(C)c2F)c1F. The second-order valence-electron chi connectivity index (χ2n) is 4.72. The van der Waals surface area contributed by atoms with Crippen molar-refractivity contribution in [3.63, 3.8) is 0 Å². The van der Waals surface area contributed by atoms with Crippen LogP contribution in [0.1, 0.15) is 22.7 Å². The highest BCUT2D eigenvalue weighted by molar-refractivity contribution is 5.34. The van der Waals surface area contributed by atoms with E-state index >= 15 is 0 Å². The molecule has 0 fully saturated rings. The summed E-state index contributed by atoms with van der Waals surface area (Å²) in [6.07, 6.45) is 0.212. The third-order valence-electron chi connectivity index (χ3n) is 3.32. The number of hydrogen-bond donors (Lipinski definition) is 1. The maximum Gasteiger partial charge on any atom is 0.168 e. The predicted octanol–water partition coefficient (Wildman–Crippen LogP) is 3.52. The number of benzene rings is 2.